The predicted molar refractivity (Wildman–Crippen MR) is 99.1 cm³/mol. The van der Waals surface area contributed by atoms with Crippen LogP contribution in [0.25, 0.3) is 11.4 Å². The molecule has 128 valence electrons. The Balaban J connectivity index is 1.67. The van der Waals surface area contributed by atoms with E-state index in [2.05, 4.69) is 38.3 Å². The summed E-state index contributed by atoms with van der Waals surface area (Å²) in [5.41, 5.74) is 1.04. The summed E-state index contributed by atoms with van der Waals surface area (Å²) in [6, 6.07) is 4.64. The van der Waals surface area contributed by atoms with Gasteiger partial charge in [0.15, 0.2) is 11.0 Å². The molecule has 1 saturated heterocycles. The number of piperidine rings is 1. The van der Waals surface area contributed by atoms with Crippen molar-refractivity contribution in [2.24, 2.45) is 0 Å². The van der Waals surface area contributed by atoms with Gasteiger partial charge in [-0.05, 0) is 45.0 Å². The van der Waals surface area contributed by atoms with Crippen LogP contribution in [0.15, 0.2) is 42.3 Å². The van der Waals surface area contributed by atoms with Gasteiger partial charge in [-0.2, -0.15) is 0 Å². The van der Waals surface area contributed by atoms with E-state index in [1.54, 1.807) is 24.2 Å². The highest BCUT2D eigenvalue weighted by Crippen LogP contribution is 2.26. The smallest absolute Gasteiger partial charge is 0.191 e. The van der Waals surface area contributed by atoms with Crippen molar-refractivity contribution in [3.8, 4) is 11.4 Å². The van der Waals surface area contributed by atoms with Crippen LogP contribution in [0.1, 0.15) is 25.7 Å². The topological polar surface area (TPSA) is 46.8 Å². The molecule has 2 aromatic heterocycles. The van der Waals surface area contributed by atoms with Crippen LogP contribution in [-0.2, 0) is 6.54 Å². The average molecular weight is 344 g/mol. The van der Waals surface area contributed by atoms with Crippen molar-refractivity contribution in [1.29, 1.82) is 0 Å². The first-order chi connectivity index (χ1) is 11.8. The van der Waals surface area contributed by atoms with Gasteiger partial charge in [-0.25, -0.2) is 0 Å². The molecule has 5 nitrogen and oxygen atoms in total. The number of rotatable bonds is 7. The summed E-state index contributed by atoms with van der Waals surface area (Å²) in [7, 11) is 2.25. The zero-order valence-corrected chi connectivity index (χ0v) is 15.1. The van der Waals surface area contributed by atoms with E-state index in [9.17, 15) is 0 Å². The van der Waals surface area contributed by atoms with Crippen LogP contribution in [-0.4, -0.2) is 50.0 Å². The zero-order chi connectivity index (χ0) is 16.8. The number of pyridine rings is 1. The Hall–Kier alpha value is -1.66. The number of allylic oxidation sites excluding steroid dienone is 1. The monoisotopic (exact) mass is 343 g/mol. The van der Waals surface area contributed by atoms with Crippen LogP contribution >= 0.6 is 11.8 Å². The predicted octanol–water partition coefficient (Wildman–Crippen LogP) is 3.49. The van der Waals surface area contributed by atoms with Crippen LogP contribution in [0.2, 0.25) is 0 Å². The van der Waals surface area contributed by atoms with Crippen LogP contribution in [0, 0.1) is 0 Å². The van der Waals surface area contributed by atoms with Gasteiger partial charge < -0.3 is 4.90 Å². The number of hydrogen-bond donors (Lipinski definition) is 0. The normalized spacial score (nSPS) is 18.6. The first kappa shape index (κ1) is 17.2. The van der Waals surface area contributed by atoms with Gasteiger partial charge in [0, 0.05) is 36.3 Å². The van der Waals surface area contributed by atoms with Gasteiger partial charge in [0.2, 0.25) is 0 Å². The van der Waals surface area contributed by atoms with E-state index in [0.29, 0.717) is 6.04 Å². The lowest BCUT2D eigenvalue weighted by molar-refractivity contribution is 0.182. The van der Waals surface area contributed by atoms with E-state index in [1.165, 1.54) is 32.2 Å². The summed E-state index contributed by atoms with van der Waals surface area (Å²) >= 11 is 1.80. The molecular formula is C18H25N5S. The summed E-state index contributed by atoms with van der Waals surface area (Å²) in [6.07, 6.45) is 10.7. The lowest BCUT2D eigenvalue weighted by atomic mass is 10.0. The number of nitrogens with zero attached hydrogens (tertiary/aromatic N) is 5. The van der Waals surface area contributed by atoms with Gasteiger partial charge in [-0.1, -0.05) is 24.3 Å². The maximum Gasteiger partial charge on any atom is 0.191 e. The van der Waals surface area contributed by atoms with E-state index in [-0.39, 0.29) is 0 Å². The Morgan fingerprint density at radius 2 is 2.12 bits per heavy atom. The number of likely N-dealkylation sites (tertiary alicyclic amines) is 1. The van der Waals surface area contributed by atoms with Crippen molar-refractivity contribution in [3.05, 3.63) is 37.2 Å². The Bertz CT molecular complexity index is 655. The molecule has 3 heterocycles. The zero-order valence-electron chi connectivity index (χ0n) is 14.3. The standard InChI is InChI=1S/C18H25N5S/c1-3-12-23-17(15-7-10-19-11-8-15)20-21-18(23)24-14-9-16-6-4-5-13-22(16)2/h3,7-8,10-11,16H,1,4-6,9,12-14H2,2H3. The Morgan fingerprint density at radius 1 is 1.29 bits per heavy atom. The highest BCUT2D eigenvalue weighted by atomic mass is 32.2. The molecule has 0 amide bonds. The molecule has 24 heavy (non-hydrogen) atoms. The van der Waals surface area contributed by atoms with Crippen LogP contribution in [0.4, 0.5) is 0 Å². The first-order valence-electron chi connectivity index (χ1n) is 8.57. The summed E-state index contributed by atoms with van der Waals surface area (Å²) < 4.78 is 2.14. The average Bonchev–Trinajstić information content (AvgIpc) is 3.01. The molecule has 0 radical (unpaired) electrons. The van der Waals surface area contributed by atoms with Crippen molar-refractivity contribution >= 4 is 11.8 Å². The molecule has 1 aliphatic rings. The second-order valence-corrected chi connectivity index (χ2v) is 7.27. The van der Waals surface area contributed by atoms with Crippen molar-refractivity contribution < 1.29 is 0 Å². The van der Waals surface area contributed by atoms with Gasteiger partial charge in [0.1, 0.15) is 0 Å². The third-order valence-corrected chi connectivity index (χ3v) is 5.57. The van der Waals surface area contributed by atoms with Crippen LogP contribution in [0.3, 0.4) is 0 Å². The second-order valence-electron chi connectivity index (χ2n) is 6.21. The van der Waals surface area contributed by atoms with E-state index in [0.717, 1.165) is 28.8 Å². The minimum atomic E-state index is 0.710. The molecule has 0 aromatic carbocycles. The van der Waals surface area contributed by atoms with E-state index in [1.807, 2.05) is 18.2 Å². The van der Waals surface area contributed by atoms with E-state index >= 15 is 0 Å². The van der Waals surface area contributed by atoms with E-state index < -0.39 is 0 Å². The summed E-state index contributed by atoms with van der Waals surface area (Å²) in [5, 5.41) is 9.77. The summed E-state index contributed by atoms with van der Waals surface area (Å²) in [4.78, 5) is 6.58. The minimum absolute atomic E-state index is 0.710. The number of hydrogen-bond acceptors (Lipinski definition) is 5. The van der Waals surface area contributed by atoms with Crippen molar-refractivity contribution in [2.45, 2.75) is 43.4 Å². The maximum atomic E-state index is 4.41. The first-order valence-corrected chi connectivity index (χ1v) is 9.55. The Morgan fingerprint density at radius 3 is 2.88 bits per heavy atom. The molecule has 6 heteroatoms. The van der Waals surface area contributed by atoms with Gasteiger partial charge in [-0.3, -0.25) is 9.55 Å². The van der Waals surface area contributed by atoms with Crippen molar-refractivity contribution in [3.63, 3.8) is 0 Å². The third kappa shape index (κ3) is 4.05. The van der Waals surface area contributed by atoms with Crippen LogP contribution < -0.4 is 0 Å². The largest absolute Gasteiger partial charge is 0.303 e. The molecule has 1 fully saturated rings. The quantitative estimate of drug-likeness (QED) is 0.569. The fourth-order valence-electron chi connectivity index (χ4n) is 3.20. The van der Waals surface area contributed by atoms with Crippen molar-refractivity contribution in [1.82, 2.24) is 24.6 Å². The molecule has 3 rings (SSSR count). The van der Waals surface area contributed by atoms with Gasteiger partial charge >= 0.3 is 0 Å². The molecule has 1 aliphatic heterocycles. The minimum Gasteiger partial charge on any atom is -0.303 e. The highest BCUT2D eigenvalue weighted by molar-refractivity contribution is 7.99. The molecule has 2 aromatic rings. The number of thioether (sulfide) groups is 1. The highest BCUT2D eigenvalue weighted by Gasteiger charge is 2.19. The van der Waals surface area contributed by atoms with Gasteiger partial charge in [0.05, 0.1) is 0 Å². The Labute approximate surface area is 148 Å². The Kier molecular flexibility index (Phi) is 6.04. The molecule has 1 atom stereocenters. The molecular weight excluding hydrogens is 318 g/mol. The molecule has 0 saturated carbocycles. The SMILES string of the molecule is C=CCn1c(SCCC2CCCCN2C)nnc1-c1ccncc1. The van der Waals surface area contributed by atoms with Gasteiger partial charge in [0.25, 0.3) is 0 Å². The lowest BCUT2D eigenvalue weighted by Gasteiger charge is -2.32. The fourth-order valence-corrected chi connectivity index (χ4v) is 4.19. The molecule has 0 spiro atoms. The second kappa shape index (κ2) is 8.44. The lowest BCUT2D eigenvalue weighted by Crippen LogP contribution is -2.36. The fraction of sp³-hybridized carbons (Fsp3) is 0.500. The number of aromatic nitrogens is 4. The molecule has 0 bridgehead atoms. The van der Waals surface area contributed by atoms with Gasteiger partial charge in [-0.15, -0.1) is 16.8 Å². The summed E-state index contributed by atoms with van der Waals surface area (Å²) in [6.45, 7) is 5.82. The third-order valence-electron chi connectivity index (χ3n) is 4.57. The molecule has 0 aliphatic carbocycles. The maximum absolute atomic E-state index is 4.41. The molecule has 1 unspecified atom stereocenters. The summed E-state index contributed by atoms with van der Waals surface area (Å²) in [5.74, 6) is 1.95. The van der Waals surface area contributed by atoms with Crippen molar-refractivity contribution in [2.75, 3.05) is 19.3 Å². The molecule has 0 N–H and O–H groups in total. The van der Waals surface area contributed by atoms with Crippen LogP contribution in [0.5, 0.6) is 0 Å². The van der Waals surface area contributed by atoms with E-state index in [4.69, 9.17) is 0 Å².